The van der Waals surface area contributed by atoms with E-state index in [-0.39, 0.29) is 24.3 Å². The van der Waals surface area contributed by atoms with Crippen molar-refractivity contribution in [2.45, 2.75) is 29.0 Å². The van der Waals surface area contributed by atoms with Gasteiger partial charge in [-0.05, 0) is 48.8 Å². The number of thioether (sulfide) groups is 2. The molecule has 4 rings (SSSR count). The molecule has 2 atom stereocenters. The van der Waals surface area contributed by atoms with E-state index in [2.05, 4.69) is 10.6 Å². The van der Waals surface area contributed by atoms with E-state index in [4.69, 9.17) is 16.6 Å². The second kappa shape index (κ2) is 9.60. The molecule has 9 heteroatoms. The number of nitrogens with zero attached hydrogens (tertiary/aromatic N) is 1. The molecule has 0 bridgehead atoms. The number of fused-ring (bicyclic) bond motifs is 2. The molecular weight excluding hydrogens is 458 g/mol. The first-order valence-electron chi connectivity index (χ1n) is 9.44. The number of hydrogen-bond donors (Lipinski definition) is 2. The smallest absolute Gasteiger partial charge is 0.238 e. The van der Waals surface area contributed by atoms with Crippen molar-refractivity contribution < 1.29 is 9.59 Å². The third-order valence-corrected chi connectivity index (χ3v) is 7.99. The van der Waals surface area contributed by atoms with Crippen molar-refractivity contribution in [2.75, 3.05) is 17.3 Å². The first-order valence-corrected chi connectivity index (χ1v) is 12.9. The predicted molar refractivity (Wildman–Crippen MR) is 128 cm³/mol. The summed E-state index contributed by atoms with van der Waals surface area (Å²) in [4.78, 5) is 30.9. The Morgan fingerprint density at radius 2 is 2.17 bits per heavy atom. The summed E-state index contributed by atoms with van der Waals surface area (Å²) in [5.74, 6) is 0.587. The van der Waals surface area contributed by atoms with Gasteiger partial charge in [0.05, 0.1) is 27.2 Å². The topological polar surface area (TPSA) is 71.1 Å². The van der Waals surface area contributed by atoms with Gasteiger partial charge in [0.15, 0.2) is 0 Å². The second-order valence-corrected chi connectivity index (χ2v) is 10.6. The molecule has 2 heterocycles. The molecule has 0 spiro atoms. The minimum Gasteiger partial charge on any atom is -0.347 e. The maximum absolute atomic E-state index is 12.8. The molecule has 2 aromatic carbocycles. The van der Waals surface area contributed by atoms with E-state index in [0.717, 1.165) is 32.3 Å². The van der Waals surface area contributed by atoms with Crippen LogP contribution in [0.25, 0.3) is 10.2 Å². The van der Waals surface area contributed by atoms with Crippen LogP contribution in [-0.4, -0.2) is 34.1 Å². The Morgan fingerprint density at radius 1 is 1.33 bits per heavy atom. The maximum atomic E-state index is 12.8. The van der Waals surface area contributed by atoms with Gasteiger partial charge in [-0.15, -0.1) is 23.1 Å². The van der Waals surface area contributed by atoms with Gasteiger partial charge in [0.2, 0.25) is 11.8 Å². The van der Waals surface area contributed by atoms with E-state index < -0.39 is 5.25 Å². The average Bonchev–Trinajstić information content (AvgIpc) is 3.16. The van der Waals surface area contributed by atoms with Crippen LogP contribution in [0.3, 0.4) is 0 Å². The highest BCUT2D eigenvalue weighted by Gasteiger charge is 2.30. The van der Waals surface area contributed by atoms with Crippen LogP contribution in [0.5, 0.6) is 0 Å². The van der Waals surface area contributed by atoms with Gasteiger partial charge in [0.1, 0.15) is 5.01 Å². The molecule has 0 aliphatic carbocycles. The summed E-state index contributed by atoms with van der Waals surface area (Å²) < 4.78 is 1.10. The Morgan fingerprint density at radius 3 is 2.97 bits per heavy atom. The number of thiazole rings is 1. The summed E-state index contributed by atoms with van der Waals surface area (Å²) in [5.41, 5.74) is 1.64. The summed E-state index contributed by atoms with van der Waals surface area (Å²) in [7, 11) is 0. The number of aromatic nitrogens is 1. The minimum absolute atomic E-state index is 0.110. The summed E-state index contributed by atoms with van der Waals surface area (Å²) >= 11 is 10.7. The van der Waals surface area contributed by atoms with E-state index in [1.54, 1.807) is 35.2 Å². The predicted octanol–water partition coefficient (Wildman–Crippen LogP) is 5.36. The lowest BCUT2D eigenvalue weighted by atomic mass is 10.2. The highest BCUT2D eigenvalue weighted by Crippen LogP contribution is 2.38. The zero-order chi connectivity index (χ0) is 21.1. The number of carbonyl (C=O) groups excluding carboxylic acids is 2. The molecule has 0 saturated carbocycles. The lowest BCUT2D eigenvalue weighted by Gasteiger charge is -2.24. The number of para-hydroxylation sites is 1. The van der Waals surface area contributed by atoms with Crippen molar-refractivity contribution in [2.24, 2.45) is 0 Å². The lowest BCUT2D eigenvalue weighted by Crippen LogP contribution is -2.36. The second-order valence-electron chi connectivity index (χ2n) is 6.86. The molecule has 1 aliphatic heterocycles. The van der Waals surface area contributed by atoms with Crippen molar-refractivity contribution in [1.82, 2.24) is 10.3 Å². The van der Waals surface area contributed by atoms with E-state index in [1.807, 2.05) is 36.6 Å². The maximum Gasteiger partial charge on any atom is 0.238 e. The zero-order valence-corrected chi connectivity index (χ0v) is 19.4. The molecule has 2 amide bonds. The van der Waals surface area contributed by atoms with Crippen molar-refractivity contribution >= 4 is 74.2 Å². The summed E-state index contributed by atoms with van der Waals surface area (Å²) in [6, 6.07) is 13.2. The van der Waals surface area contributed by atoms with Gasteiger partial charge in [-0.3, -0.25) is 9.59 Å². The Kier molecular flexibility index (Phi) is 6.87. The normalized spacial score (nSPS) is 16.7. The Hall–Kier alpha value is -1.74. The van der Waals surface area contributed by atoms with Crippen molar-refractivity contribution in [3.8, 4) is 0 Å². The Labute approximate surface area is 192 Å². The molecule has 30 heavy (non-hydrogen) atoms. The first kappa shape index (κ1) is 21.5. The van der Waals surface area contributed by atoms with E-state index in [1.165, 1.54) is 11.8 Å². The minimum atomic E-state index is -0.477. The van der Waals surface area contributed by atoms with Crippen LogP contribution in [0, 0.1) is 0 Å². The fourth-order valence-corrected chi connectivity index (χ4v) is 6.00. The quantitative estimate of drug-likeness (QED) is 0.479. The molecule has 1 aromatic heterocycles. The number of carbonyl (C=O) groups is 2. The highest BCUT2D eigenvalue weighted by atomic mass is 35.5. The number of benzene rings is 2. The largest absolute Gasteiger partial charge is 0.347 e. The number of amides is 2. The standard InChI is InChI=1S/C21H20ClN3O2S3/c1-28-9-8-14(21-25-13-4-2-3-5-16(13)30-21)23-19(26)11-18-20(27)24-15-10-12(22)6-7-17(15)29-18/h2-7,10,14,18H,8-9,11H2,1H3,(H,23,26)(H,24,27)/t14-,18+/m0/s1. The van der Waals surface area contributed by atoms with Crippen molar-refractivity contribution in [3.05, 3.63) is 52.5 Å². The summed E-state index contributed by atoms with van der Waals surface area (Å²) in [6.45, 7) is 0. The molecule has 1 aliphatic rings. The van der Waals surface area contributed by atoms with Gasteiger partial charge in [-0.25, -0.2) is 4.98 Å². The van der Waals surface area contributed by atoms with Gasteiger partial charge in [-0.2, -0.15) is 11.8 Å². The average molecular weight is 478 g/mol. The lowest BCUT2D eigenvalue weighted by molar-refractivity contribution is -0.124. The molecule has 0 fully saturated rings. The van der Waals surface area contributed by atoms with Crippen LogP contribution in [0.1, 0.15) is 23.9 Å². The molecule has 0 radical (unpaired) electrons. The van der Waals surface area contributed by atoms with Crippen LogP contribution in [0.4, 0.5) is 5.69 Å². The van der Waals surface area contributed by atoms with Gasteiger partial charge in [-0.1, -0.05) is 23.7 Å². The molecule has 0 unspecified atom stereocenters. The van der Waals surface area contributed by atoms with Crippen LogP contribution in [-0.2, 0) is 9.59 Å². The first-order chi connectivity index (χ1) is 14.5. The molecule has 2 N–H and O–H groups in total. The van der Waals surface area contributed by atoms with Crippen LogP contribution < -0.4 is 10.6 Å². The molecular formula is C21H20ClN3O2S3. The number of nitrogens with one attached hydrogen (secondary N) is 2. The highest BCUT2D eigenvalue weighted by molar-refractivity contribution is 8.01. The molecule has 5 nitrogen and oxygen atoms in total. The fourth-order valence-electron chi connectivity index (χ4n) is 3.21. The Bertz CT molecular complexity index is 1060. The molecule has 3 aromatic rings. The fraction of sp³-hybridized carbons (Fsp3) is 0.286. The third-order valence-electron chi connectivity index (χ3n) is 4.69. The van der Waals surface area contributed by atoms with Crippen molar-refractivity contribution in [1.29, 1.82) is 0 Å². The number of anilines is 1. The number of rotatable bonds is 7. The SMILES string of the molecule is CSCC[C@H](NC(=O)C[C@H]1Sc2ccc(Cl)cc2NC1=O)c1nc2ccccc2s1. The van der Waals surface area contributed by atoms with E-state index in [9.17, 15) is 9.59 Å². The number of halogens is 1. The van der Waals surface area contributed by atoms with E-state index in [0.29, 0.717) is 10.7 Å². The Balaban J connectivity index is 1.46. The van der Waals surface area contributed by atoms with Crippen molar-refractivity contribution in [3.63, 3.8) is 0 Å². The van der Waals surface area contributed by atoms with Crippen LogP contribution in [0.2, 0.25) is 5.02 Å². The monoisotopic (exact) mass is 477 g/mol. The van der Waals surface area contributed by atoms with Crippen LogP contribution in [0.15, 0.2) is 47.4 Å². The molecule has 0 saturated heterocycles. The molecule has 156 valence electrons. The van der Waals surface area contributed by atoms with Crippen LogP contribution >= 0.6 is 46.5 Å². The number of hydrogen-bond acceptors (Lipinski definition) is 6. The zero-order valence-electron chi connectivity index (χ0n) is 16.2. The summed E-state index contributed by atoms with van der Waals surface area (Å²) in [5, 5.41) is 6.96. The van der Waals surface area contributed by atoms with Gasteiger partial charge in [0.25, 0.3) is 0 Å². The van der Waals surface area contributed by atoms with E-state index >= 15 is 0 Å². The van der Waals surface area contributed by atoms with Gasteiger partial charge >= 0.3 is 0 Å². The van der Waals surface area contributed by atoms with Gasteiger partial charge in [0, 0.05) is 16.3 Å². The van der Waals surface area contributed by atoms with Gasteiger partial charge < -0.3 is 10.6 Å². The third kappa shape index (κ3) is 4.94. The summed E-state index contributed by atoms with van der Waals surface area (Å²) in [6.07, 6.45) is 2.95.